The molecule has 0 fully saturated rings. The van der Waals surface area contributed by atoms with Crippen LogP contribution in [0.15, 0.2) is 59.6 Å². The van der Waals surface area contributed by atoms with Gasteiger partial charge in [-0.05, 0) is 46.7 Å². The van der Waals surface area contributed by atoms with E-state index >= 15 is 0 Å². The summed E-state index contributed by atoms with van der Waals surface area (Å²) >= 11 is 2.33. The fourth-order valence-electron chi connectivity index (χ4n) is 2.85. The lowest BCUT2D eigenvalue weighted by Crippen LogP contribution is -2.06. The molecular formula is C20H19IN6O2. The van der Waals surface area contributed by atoms with Crippen LogP contribution in [0.1, 0.15) is 12.0 Å². The summed E-state index contributed by atoms with van der Waals surface area (Å²) in [4.78, 5) is 8.86. The standard InChI is InChI=1S/C20H19IN6O2/c21-16-5-2-1-4-14(16)13-27-19(17-6-9-29-26-17)10-18(25-27)20-23-11-15(12-24-20)22-7-3-8-28/h1-2,4-6,9-12,22,28H,3,7-8,13H2. The molecule has 1 aromatic carbocycles. The van der Waals surface area contributed by atoms with E-state index in [1.165, 1.54) is 3.57 Å². The number of halogens is 1. The van der Waals surface area contributed by atoms with Crippen molar-refractivity contribution >= 4 is 28.3 Å². The molecule has 4 aromatic rings. The summed E-state index contributed by atoms with van der Waals surface area (Å²) in [5.41, 5.74) is 4.17. The van der Waals surface area contributed by atoms with Crippen LogP contribution >= 0.6 is 22.6 Å². The maximum atomic E-state index is 8.87. The molecule has 0 atom stereocenters. The largest absolute Gasteiger partial charge is 0.396 e. The predicted molar refractivity (Wildman–Crippen MR) is 117 cm³/mol. The van der Waals surface area contributed by atoms with Crippen LogP contribution in [0.2, 0.25) is 0 Å². The third-order valence-electron chi connectivity index (χ3n) is 4.30. The minimum Gasteiger partial charge on any atom is -0.396 e. The summed E-state index contributed by atoms with van der Waals surface area (Å²) in [7, 11) is 0. The first-order valence-corrected chi connectivity index (χ1v) is 10.2. The van der Waals surface area contributed by atoms with Gasteiger partial charge in [-0.1, -0.05) is 23.4 Å². The van der Waals surface area contributed by atoms with Gasteiger partial charge in [-0.15, -0.1) is 0 Å². The van der Waals surface area contributed by atoms with Crippen LogP contribution < -0.4 is 5.32 Å². The SMILES string of the molecule is OCCCNc1cnc(-c2cc(-c3ccon3)n(Cc3ccccc3I)n2)nc1. The molecule has 0 aliphatic heterocycles. The minimum absolute atomic E-state index is 0.147. The number of aliphatic hydroxyl groups excluding tert-OH is 1. The molecule has 0 saturated heterocycles. The molecule has 0 spiro atoms. The zero-order valence-electron chi connectivity index (χ0n) is 15.5. The van der Waals surface area contributed by atoms with E-state index in [1.807, 2.05) is 28.9 Å². The molecule has 2 N–H and O–H groups in total. The van der Waals surface area contributed by atoms with Crippen molar-refractivity contribution in [3.63, 3.8) is 0 Å². The van der Waals surface area contributed by atoms with Gasteiger partial charge >= 0.3 is 0 Å². The highest BCUT2D eigenvalue weighted by molar-refractivity contribution is 14.1. The third-order valence-corrected chi connectivity index (χ3v) is 5.36. The number of nitrogens with zero attached hydrogens (tertiary/aromatic N) is 5. The molecule has 9 heteroatoms. The van der Waals surface area contributed by atoms with Gasteiger partial charge in [0.05, 0.1) is 30.3 Å². The van der Waals surface area contributed by atoms with Crippen LogP contribution in [0.5, 0.6) is 0 Å². The Labute approximate surface area is 181 Å². The van der Waals surface area contributed by atoms with Crippen molar-refractivity contribution in [3.8, 4) is 22.9 Å². The second-order valence-electron chi connectivity index (χ2n) is 6.35. The summed E-state index contributed by atoms with van der Waals surface area (Å²) in [6.07, 6.45) is 5.65. The Hall–Kier alpha value is -2.79. The average Bonchev–Trinajstić information content (AvgIpc) is 3.40. The Morgan fingerprint density at radius 1 is 1.10 bits per heavy atom. The van der Waals surface area contributed by atoms with Crippen LogP contribution in [-0.4, -0.2) is 43.2 Å². The number of nitrogens with one attached hydrogen (secondary N) is 1. The zero-order chi connectivity index (χ0) is 20.1. The van der Waals surface area contributed by atoms with E-state index in [0.29, 0.717) is 36.7 Å². The Bertz CT molecular complexity index is 1060. The summed E-state index contributed by atoms with van der Waals surface area (Å²) in [5, 5.41) is 20.8. The molecule has 0 aliphatic carbocycles. The average molecular weight is 502 g/mol. The van der Waals surface area contributed by atoms with Gasteiger partial charge in [0.15, 0.2) is 5.82 Å². The highest BCUT2D eigenvalue weighted by Gasteiger charge is 2.16. The molecule has 3 heterocycles. The van der Waals surface area contributed by atoms with Gasteiger partial charge < -0.3 is 14.9 Å². The van der Waals surface area contributed by atoms with Crippen LogP contribution in [0.3, 0.4) is 0 Å². The Morgan fingerprint density at radius 2 is 1.93 bits per heavy atom. The van der Waals surface area contributed by atoms with E-state index in [1.54, 1.807) is 18.7 Å². The number of aliphatic hydroxyl groups is 1. The van der Waals surface area contributed by atoms with Crippen molar-refractivity contribution < 1.29 is 9.63 Å². The van der Waals surface area contributed by atoms with Crippen molar-refractivity contribution in [2.45, 2.75) is 13.0 Å². The molecule has 3 aromatic heterocycles. The van der Waals surface area contributed by atoms with Crippen molar-refractivity contribution in [2.24, 2.45) is 0 Å². The van der Waals surface area contributed by atoms with Gasteiger partial charge in [0.2, 0.25) is 0 Å². The lowest BCUT2D eigenvalue weighted by Gasteiger charge is -2.07. The lowest BCUT2D eigenvalue weighted by atomic mass is 10.2. The normalized spacial score (nSPS) is 11.0. The van der Waals surface area contributed by atoms with Crippen molar-refractivity contribution in [2.75, 3.05) is 18.5 Å². The first-order chi connectivity index (χ1) is 14.2. The van der Waals surface area contributed by atoms with Gasteiger partial charge in [0, 0.05) is 22.8 Å². The van der Waals surface area contributed by atoms with Crippen molar-refractivity contribution in [3.05, 3.63) is 64.2 Å². The summed E-state index contributed by atoms with van der Waals surface area (Å²) in [6.45, 7) is 1.41. The first kappa shape index (κ1) is 19.5. The van der Waals surface area contributed by atoms with Gasteiger partial charge in [0.25, 0.3) is 0 Å². The van der Waals surface area contributed by atoms with Crippen molar-refractivity contribution in [1.82, 2.24) is 24.9 Å². The second kappa shape index (κ2) is 9.14. The maximum Gasteiger partial charge on any atom is 0.180 e. The van der Waals surface area contributed by atoms with Crippen LogP contribution in [0.4, 0.5) is 5.69 Å². The van der Waals surface area contributed by atoms with Gasteiger partial charge in [0.1, 0.15) is 17.7 Å². The van der Waals surface area contributed by atoms with Gasteiger partial charge in [-0.25, -0.2) is 9.97 Å². The first-order valence-electron chi connectivity index (χ1n) is 9.14. The summed E-state index contributed by atoms with van der Waals surface area (Å²) < 4.78 is 8.08. The Kier molecular flexibility index (Phi) is 6.15. The monoisotopic (exact) mass is 502 g/mol. The smallest absolute Gasteiger partial charge is 0.180 e. The van der Waals surface area contributed by atoms with E-state index in [2.05, 4.69) is 55.2 Å². The number of hydrogen-bond donors (Lipinski definition) is 2. The number of hydrogen-bond acceptors (Lipinski definition) is 7. The summed E-state index contributed by atoms with van der Waals surface area (Å²) in [6, 6.07) is 11.9. The van der Waals surface area contributed by atoms with E-state index in [4.69, 9.17) is 14.7 Å². The molecular weight excluding hydrogens is 483 g/mol. The van der Waals surface area contributed by atoms with Crippen LogP contribution in [0, 0.1) is 3.57 Å². The van der Waals surface area contributed by atoms with Crippen LogP contribution in [-0.2, 0) is 6.54 Å². The molecule has 0 aliphatic rings. The van der Waals surface area contributed by atoms with Gasteiger partial charge in [-0.2, -0.15) is 5.10 Å². The predicted octanol–water partition coefficient (Wildman–Crippen LogP) is 3.44. The molecule has 8 nitrogen and oxygen atoms in total. The topological polar surface area (TPSA) is 102 Å². The molecule has 0 bridgehead atoms. The van der Waals surface area contributed by atoms with E-state index in [-0.39, 0.29) is 6.61 Å². The number of anilines is 1. The van der Waals surface area contributed by atoms with E-state index in [9.17, 15) is 0 Å². The van der Waals surface area contributed by atoms with E-state index in [0.717, 1.165) is 16.9 Å². The molecule has 0 radical (unpaired) electrons. The highest BCUT2D eigenvalue weighted by Crippen LogP contribution is 2.25. The Morgan fingerprint density at radius 3 is 2.66 bits per heavy atom. The molecule has 0 amide bonds. The lowest BCUT2D eigenvalue weighted by molar-refractivity contribution is 0.292. The zero-order valence-corrected chi connectivity index (χ0v) is 17.7. The number of rotatable bonds is 8. The maximum absolute atomic E-state index is 8.87. The third kappa shape index (κ3) is 4.62. The molecule has 148 valence electrons. The number of aromatic nitrogens is 5. The van der Waals surface area contributed by atoms with E-state index < -0.39 is 0 Å². The molecule has 29 heavy (non-hydrogen) atoms. The fraction of sp³-hybridized carbons (Fsp3) is 0.200. The molecule has 0 saturated carbocycles. The number of benzene rings is 1. The quantitative estimate of drug-likeness (QED) is 0.281. The Balaban J connectivity index is 1.64. The molecule has 0 unspecified atom stereocenters. The minimum atomic E-state index is 0.147. The van der Waals surface area contributed by atoms with Crippen LogP contribution in [0.25, 0.3) is 22.9 Å². The van der Waals surface area contributed by atoms with Gasteiger partial charge in [-0.3, -0.25) is 4.68 Å². The second-order valence-corrected chi connectivity index (χ2v) is 7.51. The molecule has 4 rings (SSSR count). The van der Waals surface area contributed by atoms with Crippen molar-refractivity contribution in [1.29, 1.82) is 0 Å². The highest BCUT2D eigenvalue weighted by atomic mass is 127. The summed E-state index contributed by atoms with van der Waals surface area (Å²) in [5.74, 6) is 0.531. The fourth-order valence-corrected chi connectivity index (χ4v) is 3.41.